The quantitative estimate of drug-likeness (QED) is 0.896. The molecule has 1 atom stereocenters. The van der Waals surface area contributed by atoms with E-state index in [-0.39, 0.29) is 5.82 Å². The molecular weight excluding hydrogens is 253 g/mol. The van der Waals surface area contributed by atoms with Crippen LogP contribution < -0.4 is 5.32 Å². The monoisotopic (exact) mass is 271 g/mol. The second-order valence-electron chi connectivity index (χ2n) is 5.38. The van der Waals surface area contributed by atoms with E-state index in [2.05, 4.69) is 11.4 Å². The van der Waals surface area contributed by atoms with Crippen LogP contribution in [0.1, 0.15) is 23.1 Å². The molecule has 1 aliphatic rings. The molecule has 3 heteroatoms. The highest BCUT2D eigenvalue weighted by Gasteiger charge is 2.35. The van der Waals surface area contributed by atoms with Crippen molar-refractivity contribution in [3.05, 3.63) is 71.0 Å². The van der Waals surface area contributed by atoms with Gasteiger partial charge >= 0.3 is 0 Å². The van der Waals surface area contributed by atoms with Crippen molar-refractivity contribution in [3.8, 4) is 0 Å². The molecule has 0 saturated carbocycles. The van der Waals surface area contributed by atoms with Gasteiger partial charge in [-0.05, 0) is 30.0 Å². The maximum atomic E-state index is 13.5. The Morgan fingerprint density at radius 3 is 2.70 bits per heavy atom. The normalized spacial score (nSPS) is 20.9. The van der Waals surface area contributed by atoms with Crippen LogP contribution in [0.4, 0.5) is 4.39 Å². The predicted molar refractivity (Wildman–Crippen MR) is 76.8 cm³/mol. The highest BCUT2D eigenvalue weighted by atomic mass is 19.1. The van der Waals surface area contributed by atoms with Crippen molar-refractivity contribution in [3.63, 3.8) is 0 Å². The Morgan fingerprint density at radius 2 is 1.85 bits per heavy atom. The fraction of sp³-hybridized carbons (Fsp3) is 0.294. The minimum absolute atomic E-state index is 0.209. The lowest BCUT2D eigenvalue weighted by molar-refractivity contribution is 0.0384. The summed E-state index contributed by atoms with van der Waals surface area (Å²) in [6.07, 6.45) is 1.62. The van der Waals surface area contributed by atoms with Gasteiger partial charge in [0.05, 0.1) is 0 Å². The summed E-state index contributed by atoms with van der Waals surface area (Å²) >= 11 is 0. The molecule has 104 valence electrons. The van der Waals surface area contributed by atoms with Crippen LogP contribution in [0.2, 0.25) is 0 Å². The Morgan fingerprint density at radius 1 is 1.10 bits per heavy atom. The molecule has 0 aromatic heterocycles. The predicted octanol–water partition coefficient (Wildman–Crippen LogP) is 2.75. The number of hydrogen-bond donors (Lipinski definition) is 2. The van der Waals surface area contributed by atoms with Crippen molar-refractivity contribution >= 4 is 0 Å². The summed E-state index contributed by atoms with van der Waals surface area (Å²) < 4.78 is 13.5. The van der Waals surface area contributed by atoms with E-state index in [1.54, 1.807) is 12.1 Å². The van der Waals surface area contributed by atoms with E-state index in [1.165, 1.54) is 11.6 Å². The molecule has 2 aromatic rings. The Bertz CT molecular complexity index is 613. The first-order valence-corrected chi connectivity index (χ1v) is 6.94. The van der Waals surface area contributed by atoms with Crippen LogP contribution in [0.3, 0.4) is 0 Å². The second-order valence-corrected chi connectivity index (χ2v) is 5.38. The van der Waals surface area contributed by atoms with E-state index in [0.717, 1.165) is 18.4 Å². The molecule has 2 nitrogen and oxygen atoms in total. The van der Waals surface area contributed by atoms with Gasteiger partial charge in [0, 0.05) is 18.7 Å². The molecule has 0 heterocycles. The summed E-state index contributed by atoms with van der Waals surface area (Å²) in [5, 5.41) is 13.9. The lowest BCUT2D eigenvalue weighted by Crippen LogP contribution is -2.36. The summed E-state index contributed by atoms with van der Waals surface area (Å²) in [4.78, 5) is 0. The van der Waals surface area contributed by atoms with Crippen molar-refractivity contribution in [1.82, 2.24) is 5.32 Å². The maximum absolute atomic E-state index is 13.5. The maximum Gasteiger partial charge on any atom is 0.127 e. The third kappa shape index (κ3) is 2.47. The van der Waals surface area contributed by atoms with Crippen molar-refractivity contribution in [2.75, 3.05) is 6.54 Å². The summed E-state index contributed by atoms with van der Waals surface area (Å²) in [6, 6.07) is 14.7. The third-order valence-corrected chi connectivity index (χ3v) is 4.02. The number of nitrogens with one attached hydrogen (secondary N) is 1. The van der Waals surface area contributed by atoms with Gasteiger partial charge in [-0.15, -0.1) is 0 Å². The highest BCUT2D eigenvalue weighted by Crippen LogP contribution is 2.36. The Labute approximate surface area is 118 Å². The van der Waals surface area contributed by atoms with Gasteiger partial charge in [0.15, 0.2) is 0 Å². The van der Waals surface area contributed by atoms with Gasteiger partial charge in [0.25, 0.3) is 0 Å². The van der Waals surface area contributed by atoms with Crippen LogP contribution in [0, 0.1) is 5.82 Å². The van der Waals surface area contributed by atoms with E-state index in [0.29, 0.717) is 18.7 Å². The van der Waals surface area contributed by atoms with Gasteiger partial charge in [-0.3, -0.25) is 0 Å². The number of benzene rings is 2. The number of rotatable bonds is 4. The zero-order valence-corrected chi connectivity index (χ0v) is 11.3. The van der Waals surface area contributed by atoms with Crippen LogP contribution >= 0.6 is 0 Å². The molecule has 1 unspecified atom stereocenters. The van der Waals surface area contributed by atoms with Gasteiger partial charge < -0.3 is 10.4 Å². The fourth-order valence-electron chi connectivity index (χ4n) is 2.90. The SMILES string of the molecule is OC1(CNCc2ccccc2F)CCc2ccccc21. The van der Waals surface area contributed by atoms with Gasteiger partial charge in [0.2, 0.25) is 0 Å². The molecular formula is C17H18FNO. The molecule has 2 aromatic carbocycles. The molecule has 20 heavy (non-hydrogen) atoms. The van der Waals surface area contributed by atoms with Crippen LogP contribution in [-0.2, 0) is 18.6 Å². The zero-order valence-electron chi connectivity index (χ0n) is 11.3. The second kappa shape index (κ2) is 5.35. The van der Waals surface area contributed by atoms with Crippen molar-refractivity contribution < 1.29 is 9.50 Å². The van der Waals surface area contributed by atoms with E-state index in [4.69, 9.17) is 0 Å². The summed E-state index contributed by atoms with van der Waals surface area (Å²) in [6.45, 7) is 0.871. The first kappa shape index (κ1) is 13.3. The molecule has 0 saturated heterocycles. The Balaban J connectivity index is 1.66. The average molecular weight is 271 g/mol. The zero-order chi connectivity index (χ0) is 14.0. The van der Waals surface area contributed by atoms with Gasteiger partial charge in [-0.1, -0.05) is 42.5 Å². The molecule has 2 N–H and O–H groups in total. The van der Waals surface area contributed by atoms with Crippen LogP contribution in [0.15, 0.2) is 48.5 Å². The van der Waals surface area contributed by atoms with Crippen LogP contribution in [0.5, 0.6) is 0 Å². The molecule has 0 fully saturated rings. The van der Waals surface area contributed by atoms with Crippen molar-refractivity contribution in [2.24, 2.45) is 0 Å². The average Bonchev–Trinajstić information content (AvgIpc) is 2.80. The number of aryl methyl sites for hydroxylation is 1. The minimum atomic E-state index is -0.831. The van der Waals surface area contributed by atoms with Crippen molar-refractivity contribution in [1.29, 1.82) is 0 Å². The van der Waals surface area contributed by atoms with E-state index in [1.807, 2.05) is 24.3 Å². The smallest absolute Gasteiger partial charge is 0.127 e. The number of halogens is 1. The molecule has 0 radical (unpaired) electrons. The van der Waals surface area contributed by atoms with E-state index < -0.39 is 5.60 Å². The van der Waals surface area contributed by atoms with Crippen LogP contribution in [-0.4, -0.2) is 11.7 Å². The molecule has 1 aliphatic carbocycles. The first-order valence-electron chi connectivity index (χ1n) is 6.94. The molecule has 3 rings (SSSR count). The standard InChI is InChI=1S/C17H18FNO/c18-16-8-4-2-6-14(16)11-19-12-17(20)10-9-13-5-1-3-7-15(13)17/h1-8,19-20H,9-12H2. The number of aliphatic hydroxyl groups is 1. The van der Waals surface area contributed by atoms with Gasteiger partial charge in [-0.25, -0.2) is 4.39 Å². The van der Waals surface area contributed by atoms with Crippen LogP contribution in [0.25, 0.3) is 0 Å². The van der Waals surface area contributed by atoms with E-state index in [9.17, 15) is 9.50 Å². The largest absolute Gasteiger partial charge is 0.384 e. The fourth-order valence-corrected chi connectivity index (χ4v) is 2.90. The van der Waals surface area contributed by atoms with Gasteiger partial charge in [0.1, 0.15) is 11.4 Å². The molecule has 0 spiro atoms. The summed E-state index contributed by atoms with van der Waals surface area (Å²) in [7, 11) is 0. The number of fused-ring (bicyclic) bond motifs is 1. The Kier molecular flexibility index (Phi) is 3.55. The highest BCUT2D eigenvalue weighted by molar-refractivity contribution is 5.37. The lowest BCUT2D eigenvalue weighted by atomic mass is 9.96. The van der Waals surface area contributed by atoms with E-state index >= 15 is 0 Å². The first-order chi connectivity index (χ1) is 9.69. The van der Waals surface area contributed by atoms with Gasteiger partial charge in [-0.2, -0.15) is 0 Å². The minimum Gasteiger partial charge on any atom is -0.384 e. The lowest BCUT2D eigenvalue weighted by Gasteiger charge is -2.24. The Hall–Kier alpha value is -1.71. The molecule has 0 bridgehead atoms. The molecule has 0 amide bonds. The third-order valence-electron chi connectivity index (χ3n) is 4.02. The number of hydrogen-bond acceptors (Lipinski definition) is 2. The summed E-state index contributed by atoms with van der Waals surface area (Å²) in [5.74, 6) is -0.209. The topological polar surface area (TPSA) is 32.3 Å². The summed E-state index contributed by atoms with van der Waals surface area (Å²) in [5.41, 5.74) is 2.01. The van der Waals surface area contributed by atoms with Crippen molar-refractivity contribution in [2.45, 2.75) is 25.0 Å². The molecule has 0 aliphatic heterocycles.